The molecule has 0 saturated carbocycles. The fourth-order valence-electron chi connectivity index (χ4n) is 5.09. The molecule has 2 aromatic carbocycles. The van der Waals surface area contributed by atoms with Crippen LogP contribution in [0.5, 0.6) is 0 Å². The van der Waals surface area contributed by atoms with Gasteiger partial charge in [0.05, 0.1) is 11.4 Å². The van der Waals surface area contributed by atoms with E-state index in [9.17, 15) is 22.8 Å². The van der Waals surface area contributed by atoms with Gasteiger partial charge in [-0.05, 0) is 48.7 Å². The smallest absolute Gasteiger partial charge is 0.251 e. The van der Waals surface area contributed by atoms with Crippen LogP contribution in [0.15, 0.2) is 59.5 Å². The van der Waals surface area contributed by atoms with Crippen LogP contribution in [0.3, 0.4) is 0 Å². The molecule has 0 spiro atoms. The summed E-state index contributed by atoms with van der Waals surface area (Å²) in [6.45, 7) is 3.92. The summed E-state index contributed by atoms with van der Waals surface area (Å²) in [7, 11) is -0.163. The predicted octanol–water partition coefficient (Wildman–Crippen LogP) is 1.84. The van der Waals surface area contributed by atoms with Gasteiger partial charge in [0, 0.05) is 37.8 Å². The summed E-state index contributed by atoms with van der Waals surface area (Å²) in [5.41, 5.74) is 1.31. The van der Waals surface area contributed by atoms with E-state index in [2.05, 4.69) is 10.6 Å². The lowest BCUT2D eigenvalue weighted by molar-refractivity contribution is -0.139. The summed E-state index contributed by atoms with van der Waals surface area (Å²) in [4.78, 5) is 43.2. The molecule has 37 heavy (non-hydrogen) atoms. The fourth-order valence-corrected chi connectivity index (χ4v) is 6.94. The van der Waals surface area contributed by atoms with Crippen LogP contribution in [-0.2, 0) is 19.4 Å². The molecule has 2 N–H and O–H groups in total. The molecule has 0 radical (unpaired) electrons. The second-order valence-electron chi connectivity index (χ2n) is 10.3. The van der Waals surface area contributed by atoms with E-state index in [1.807, 2.05) is 45.0 Å². The number of hydrogen-bond donors (Lipinski definition) is 2. The zero-order valence-electron chi connectivity index (χ0n) is 21.5. The lowest BCUT2D eigenvalue weighted by atomic mass is 10.0. The summed E-state index contributed by atoms with van der Waals surface area (Å²) in [6, 6.07) is 12.6. The monoisotopic (exact) mass is 526 g/mol. The van der Waals surface area contributed by atoms with Gasteiger partial charge in [-0.2, -0.15) is 0 Å². The molecule has 2 aromatic rings. The molecule has 4 unspecified atom stereocenters. The third-order valence-corrected chi connectivity index (χ3v) is 9.02. The summed E-state index contributed by atoms with van der Waals surface area (Å²) >= 11 is 0. The number of amides is 2. The highest BCUT2D eigenvalue weighted by molar-refractivity contribution is 7.92. The zero-order chi connectivity index (χ0) is 26.9. The molecule has 2 saturated heterocycles. The number of rotatable bonds is 8. The van der Waals surface area contributed by atoms with Crippen LogP contribution in [-0.4, -0.2) is 75.1 Å². The molecule has 4 atom stereocenters. The van der Waals surface area contributed by atoms with E-state index in [1.54, 1.807) is 30.3 Å². The summed E-state index contributed by atoms with van der Waals surface area (Å²) in [5, 5.41) is 4.69. The predicted molar refractivity (Wildman–Crippen MR) is 141 cm³/mol. The number of nitrogens with zero attached hydrogens (tertiary/aromatic N) is 2. The number of ketones is 1. The fraction of sp³-hybridized carbons (Fsp3) is 0.444. The summed E-state index contributed by atoms with van der Waals surface area (Å²) in [6.07, 6.45) is 0.404. The Bertz CT molecular complexity index is 1260. The standard InChI is InChI=1S/C27H34N4O5S/c1-17(2)14-22(29-26(33)18-10-12-19(13-11-18)30(3)4)27(34)31-24(15-21-25(31)23(32)16-28-21)37(35,36)20-8-6-5-7-9-20/h5-13,17,21-22,24-25,28H,14-16H2,1-4H3,(H,29,33). The van der Waals surface area contributed by atoms with E-state index in [0.717, 1.165) is 5.69 Å². The molecule has 0 aliphatic carbocycles. The Hall–Kier alpha value is -3.24. The van der Waals surface area contributed by atoms with Gasteiger partial charge in [-0.1, -0.05) is 32.0 Å². The molecule has 4 rings (SSSR count). The van der Waals surface area contributed by atoms with Crippen molar-refractivity contribution in [2.24, 2.45) is 5.92 Å². The minimum atomic E-state index is -3.96. The second-order valence-corrected chi connectivity index (χ2v) is 12.4. The van der Waals surface area contributed by atoms with Crippen molar-refractivity contribution in [2.75, 3.05) is 25.5 Å². The van der Waals surface area contributed by atoms with Crippen LogP contribution < -0.4 is 15.5 Å². The number of anilines is 1. The third-order valence-electron chi connectivity index (χ3n) is 6.96. The number of benzene rings is 2. The molecule has 9 nitrogen and oxygen atoms in total. The van der Waals surface area contributed by atoms with Crippen molar-refractivity contribution >= 4 is 33.1 Å². The number of carbonyl (C=O) groups is 3. The molecule has 0 bridgehead atoms. The van der Waals surface area contributed by atoms with Gasteiger partial charge < -0.3 is 20.4 Å². The Morgan fingerprint density at radius 2 is 1.73 bits per heavy atom. The largest absolute Gasteiger partial charge is 0.378 e. The van der Waals surface area contributed by atoms with E-state index >= 15 is 0 Å². The van der Waals surface area contributed by atoms with Crippen LogP contribution in [0.1, 0.15) is 37.0 Å². The van der Waals surface area contributed by atoms with Crippen LogP contribution in [0.4, 0.5) is 5.69 Å². The highest BCUT2D eigenvalue weighted by Gasteiger charge is 2.55. The van der Waals surface area contributed by atoms with Gasteiger partial charge in [-0.15, -0.1) is 0 Å². The van der Waals surface area contributed by atoms with Crippen molar-refractivity contribution < 1.29 is 22.8 Å². The summed E-state index contributed by atoms with van der Waals surface area (Å²) in [5.74, 6) is -1.18. The Morgan fingerprint density at radius 1 is 1.08 bits per heavy atom. The molecule has 10 heteroatoms. The van der Waals surface area contributed by atoms with E-state index in [0.29, 0.717) is 12.0 Å². The minimum absolute atomic E-state index is 0.0327. The quantitative estimate of drug-likeness (QED) is 0.539. The molecule has 2 heterocycles. The first-order valence-electron chi connectivity index (χ1n) is 12.5. The van der Waals surface area contributed by atoms with Crippen molar-refractivity contribution in [3.63, 3.8) is 0 Å². The molecule has 2 aliphatic heterocycles. The number of carbonyl (C=O) groups excluding carboxylic acids is 3. The number of likely N-dealkylation sites (tertiary alicyclic amines) is 1. The molecule has 0 aromatic heterocycles. The van der Waals surface area contributed by atoms with Crippen LogP contribution >= 0.6 is 0 Å². The van der Waals surface area contributed by atoms with Gasteiger partial charge in [0.15, 0.2) is 15.6 Å². The topological polar surface area (TPSA) is 116 Å². The lowest BCUT2D eigenvalue weighted by Crippen LogP contribution is -2.56. The highest BCUT2D eigenvalue weighted by atomic mass is 32.2. The van der Waals surface area contributed by atoms with Gasteiger partial charge in [-0.25, -0.2) is 8.42 Å². The number of Topliss-reactive ketones (excluding diaryl/α,β-unsaturated/α-hetero) is 1. The average molecular weight is 527 g/mol. The van der Waals surface area contributed by atoms with Crippen molar-refractivity contribution in [1.82, 2.24) is 15.5 Å². The van der Waals surface area contributed by atoms with Crippen LogP contribution in [0.25, 0.3) is 0 Å². The van der Waals surface area contributed by atoms with Gasteiger partial charge >= 0.3 is 0 Å². The summed E-state index contributed by atoms with van der Waals surface area (Å²) < 4.78 is 27.3. The van der Waals surface area contributed by atoms with Crippen LogP contribution in [0, 0.1) is 5.92 Å². The normalized spacial score (nSPS) is 22.1. The zero-order valence-corrected chi connectivity index (χ0v) is 22.4. The van der Waals surface area contributed by atoms with Crippen molar-refractivity contribution in [1.29, 1.82) is 0 Å². The SMILES string of the molecule is CC(C)CC(NC(=O)c1ccc(N(C)C)cc1)C(=O)N1C2C(=O)CNC2CC1S(=O)(=O)c1ccccc1. The Morgan fingerprint density at radius 3 is 2.32 bits per heavy atom. The highest BCUT2D eigenvalue weighted by Crippen LogP contribution is 2.35. The lowest BCUT2D eigenvalue weighted by Gasteiger charge is -2.32. The molecular formula is C27H34N4O5S. The van der Waals surface area contributed by atoms with E-state index in [-0.39, 0.29) is 29.6 Å². The van der Waals surface area contributed by atoms with E-state index in [1.165, 1.54) is 17.0 Å². The molecule has 2 fully saturated rings. The molecular weight excluding hydrogens is 492 g/mol. The number of fused-ring (bicyclic) bond motifs is 1. The average Bonchev–Trinajstić information content (AvgIpc) is 3.43. The first kappa shape index (κ1) is 26.8. The minimum Gasteiger partial charge on any atom is -0.378 e. The maximum atomic E-state index is 14.0. The third kappa shape index (κ3) is 5.40. The van der Waals surface area contributed by atoms with Crippen LogP contribution in [0.2, 0.25) is 0 Å². The van der Waals surface area contributed by atoms with E-state index < -0.39 is 45.2 Å². The van der Waals surface area contributed by atoms with Gasteiger partial charge in [-0.3, -0.25) is 14.4 Å². The Balaban J connectivity index is 1.66. The van der Waals surface area contributed by atoms with Gasteiger partial charge in [0.25, 0.3) is 5.91 Å². The number of nitrogens with one attached hydrogen (secondary N) is 2. The first-order chi connectivity index (χ1) is 17.5. The maximum Gasteiger partial charge on any atom is 0.251 e. The second kappa shape index (κ2) is 10.6. The van der Waals surface area contributed by atoms with Crippen molar-refractivity contribution in [3.8, 4) is 0 Å². The maximum absolute atomic E-state index is 14.0. The number of sulfone groups is 1. The number of hydrogen-bond acceptors (Lipinski definition) is 7. The Labute approximate surface area is 218 Å². The Kier molecular flexibility index (Phi) is 7.70. The van der Waals surface area contributed by atoms with Gasteiger partial charge in [0.1, 0.15) is 17.5 Å². The van der Waals surface area contributed by atoms with Crippen molar-refractivity contribution in [2.45, 2.75) is 55.1 Å². The van der Waals surface area contributed by atoms with Gasteiger partial charge in [0.2, 0.25) is 5.91 Å². The molecule has 2 amide bonds. The molecule has 198 valence electrons. The molecule has 2 aliphatic rings. The van der Waals surface area contributed by atoms with Crippen molar-refractivity contribution in [3.05, 3.63) is 60.2 Å². The first-order valence-corrected chi connectivity index (χ1v) is 14.0. The van der Waals surface area contributed by atoms with E-state index in [4.69, 9.17) is 0 Å².